The zero-order valence-electron chi connectivity index (χ0n) is 39.9. The number of aliphatic hydroxyl groups is 2. The van der Waals surface area contributed by atoms with E-state index >= 15 is 0 Å². The Hall–Kier alpha value is -1.92. The van der Waals surface area contributed by atoms with Gasteiger partial charge in [0.25, 0.3) is 0 Å². The van der Waals surface area contributed by atoms with Gasteiger partial charge in [0.1, 0.15) is 0 Å². The summed E-state index contributed by atoms with van der Waals surface area (Å²) in [5.74, 6) is -0.0940. The second-order valence-electron chi connectivity index (χ2n) is 17.8. The Morgan fingerprint density at radius 3 is 1.18 bits per heavy atom. The summed E-state index contributed by atoms with van der Waals surface area (Å²) in [6.07, 6.45) is 60.1. The molecule has 0 saturated heterocycles. The van der Waals surface area contributed by atoms with Crippen molar-refractivity contribution in [2.45, 2.75) is 283 Å². The Balaban J connectivity index is 3.46. The number of carbonyl (C=O) groups excluding carboxylic acids is 2. The number of nitrogens with one attached hydrogen (secondary N) is 1. The molecule has 60 heavy (non-hydrogen) atoms. The Labute approximate surface area is 373 Å². The lowest BCUT2D eigenvalue weighted by Gasteiger charge is -2.20. The molecule has 0 aromatic rings. The molecule has 0 bridgehead atoms. The number of aliphatic hydroxyl groups excluding tert-OH is 2. The summed E-state index contributed by atoms with van der Waals surface area (Å²) in [6.45, 7) is 4.85. The van der Waals surface area contributed by atoms with Crippen LogP contribution in [0.4, 0.5) is 0 Å². The van der Waals surface area contributed by atoms with Gasteiger partial charge >= 0.3 is 5.97 Å². The van der Waals surface area contributed by atoms with E-state index in [0.29, 0.717) is 19.4 Å². The standard InChI is InChI=1S/C54H101NO5/c1-3-5-7-9-11-13-15-16-17-22-25-28-32-36-40-44-48-54(59)60-49-45-41-37-33-29-26-23-20-18-19-21-24-27-31-35-39-43-47-53(58)55-51(50-56)52(57)46-42-38-34-30-14-12-10-8-6-4-2/h17-18,20,22,42,46,51-52,56-57H,3-16,19,21,23-41,43-45,47-50H2,1-2H3,(H,55,58)/b20-18-,22-17-,46-42+. The zero-order chi connectivity index (χ0) is 43.7. The highest BCUT2D eigenvalue weighted by Crippen LogP contribution is 2.14. The van der Waals surface area contributed by atoms with Crippen LogP contribution in [-0.2, 0) is 14.3 Å². The van der Waals surface area contributed by atoms with Gasteiger partial charge < -0.3 is 20.3 Å². The Bertz CT molecular complexity index is 977. The third-order valence-electron chi connectivity index (χ3n) is 11.9. The largest absolute Gasteiger partial charge is 0.466 e. The van der Waals surface area contributed by atoms with E-state index in [4.69, 9.17) is 4.74 Å². The fraction of sp³-hybridized carbons (Fsp3) is 0.852. The number of hydrogen-bond donors (Lipinski definition) is 3. The maximum atomic E-state index is 12.4. The SMILES string of the molecule is CCCCCCCCC/C=C\CCCCCCCC(=O)OCCCCCCCC/C=C\CCCCCCCCCC(=O)NC(CO)C(O)/C=C/CCCCCCCCCC. The minimum Gasteiger partial charge on any atom is -0.466 e. The maximum Gasteiger partial charge on any atom is 0.305 e. The normalized spacial score (nSPS) is 12.9. The van der Waals surface area contributed by atoms with Crippen molar-refractivity contribution in [2.75, 3.05) is 13.2 Å². The lowest BCUT2D eigenvalue weighted by molar-refractivity contribution is -0.143. The molecule has 0 rings (SSSR count). The van der Waals surface area contributed by atoms with Gasteiger partial charge in [0.2, 0.25) is 5.91 Å². The molecule has 2 unspecified atom stereocenters. The fourth-order valence-electron chi connectivity index (χ4n) is 7.80. The summed E-state index contributed by atoms with van der Waals surface area (Å²) >= 11 is 0. The zero-order valence-corrected chi connectivity index (χ0v) is 39.9. The van der Waals surface area contributed by atoms with Crippen LogP contribution in [0.2, 0.25) is 0 Å². The molecule has 0 aliphatic rings. The van der Waals surface area contributed by atoms with Crippen LogP contribution in [0, 0.1) is 0 Å². The van der Waals surface area contributed by atoms with Crippen LogP contribution < -0.4 is 5.32 Å². The van der Waals surface area contributed by atoms with Crippen molar-refractivity contribution >= 4 is 11.9 Å². The molecule has 0 aliphatic heterocycles. The van der Waals surface area contributed by atoms with Crippen molar-refractivity contribution in [1.29, 1.82) is 0 Å². The summed E-state index contributed by atoms with van der Waals surface area (Å²) in [4.78, 5) is 24.4. The van der Waals surface area contributed by atoms with Gasteiger partial charge in [-0.2, -0.15) is 0 Å². The van der Waals surface area contributed by atoms with Gasteiger partial charge in [-0.1, -0.05) is 211 Å². The lowest BCUT2D eigenvalue weighted by atomic mass is 10.1. The molecule has 6 heteroatoms. The van der Waals surface area contributed by atoms with Crippen LogP contribution in [0.3, 0.4) is 0 Å². The third-order valence-corrected chi connectivity index (χ3v) is 11.9. The molecule has 0 aliphatic carbocycles. The predicted molar refractivity (Wildman–Crippen MR) is 259 cm³/mol. The topological polar surface area (TPSA) is 95.9 Å². The average molecular weight is 844 g/mol. The van der Waals surface area contributed by atoms with Crippen LogP contribution in [-0.4, -0.2) is 47.4 Å². The number of ether oxygens (including phenoxy) is 1. The minimum absolute atomic E-state index is 0.0109. The first-order valence-corrected chi connectivity index (χ1v) is 26.3. The van der Waals surface area contributed by atoms with Crippen molar-refractivity contribution in [2.24, 2.45) is 0 Å². The second-order valence-corrected chi connectivity index (χ2v) is 17.8. The van der Waals surface area contributed by atoms with Gasteiger partial charge in [0, 0.05) is 12.8 Å². The summed E-state index contributed by atoms with van der Waals surface area (Å²) in [7, 11) is 0. The number of carbonyl (C=O) groups is 2. The Morgan fingerprint density at radius 1 is 0.450 bits per heavy atom. The van der Waals surface area contributed by atoms with Gasteiger partial charge in [-0.05, 0) is 83.5 Å². The van der Waals surface area contributed by atoms with E-state index in [0.717, 1.165) is 57.8 Å². The highest BCUT2D eigenvalue weighted by Gasteiger charge is 2.18. The molecular weight excluding hydrogens is 743 g/mol. The molecule has 2 atom stereocenters. The fourth-order valence-corrected chi connectivity index (χ4v) is 7.80. The summed E-state index contributed by atoms with van der Waals surface area (Å²) in [6, 6.07) is -0.635. The molecule has 0 spiro atoms. The van der Waals surface area contributed by atoms with Crippen molar-refractivity contribution in [3.8, 4) is 0 Å². The van der Waals surface area contributed by atoms with E-state index in [9.17, 15) is 19.8 Å². The molecule has 1 amide bonds. The Morgan fingerprint density at radius 2 is 0.783 bits per heavy atom. The minimum atomic E-state index is -0.850. The van der Waals surface area contributed by atoms with E-state index < -0.39 is 12.1 Å². The van der Waals surface area contributed by atoms with Gasteiger partial charge in [0.15, 0.2) is 0 Å². The second kappa shape index (κ2) is 49.7. The van der Waals surface area contributed by atoms with Crippen LogP contribution in [0.5, 0.6) is 0 Å². The van der Waals surface area contributed by atoms with Crippen LogP contribution >= 0.6 is 0 Å². The van der Waals surface area contributed by atoms with Crippen molar-refractivity contribution < 1.29 is 24.5 Å². The number of allylic oxidation sites excluding steroid dienone is 5. The predicted octanol–water partition coefficient (Wildman–Crippen LogP) is 15.7. The van der Waals surface area contributed by atoms with Crippen molar-refractivity contribution in [3.05, 3.63) is 36.5 Å². The summed E-state index contributed by atoms with van der Waals surface area (Å²) in [5, 5.41) is 22.9. The molecule has 0 aromatic heterocycles. The van der Waals surface area contributed by atoms with Gasteiger partial charge in [-0.25, -0.2) is 0 Å². The molecule has 6 nitrogen and oxygen atoms in total. The molecule has 0 fully saturated rings. The van der Waals surface area contributed by atoms with Gasteiger partial charge in [-0.15, -0.1) is 0 Å². The first-order chi connectivity index (χ1) is 29.5. The van der Waals surface area contributed by atoms with Crippen molar-refractivity contribution in [1.82, 2.24) is 5.32 Å². The Kier molecular flexibility index (Phi) is 48.1. The van der Waals surface area contributed by atoms with Gasteiger partial charge in [0.05, 0.1) is 25.4 Å². The number of unbranched alkanes of at least 4 members (excludes halogenated alkanes) is 33. The number of hydrogen-bond acceptors (Lipinski definition) is 5. The van der Waals surface area contributed by atoms with E-state index in [-0.39, 0.29) is 18.5 Å². The van der Waals surface area contributed by atoms with Crippen LogP contribution in [0.15, 0.2) is 36.5 Å². The molecule has 0 heterocycles. The quantitative estimate of drug-likeness (QED) is 0.0322. The first kappa shape index (κ1) is 58.1. The number of rotatable bonds is 48. The summed E-state index contributed by atoms with van der Waals surface area (Å²) < 4.78 is 5.46. The number of esters is 1. The molecule has 0 aromatic carbocycles. The lowest BCUT2D eigenvalue weighted by Crippen LogP contribution is -2.45. The molecule has 0 saturated carbocycles. The van der Waals surface area contributed by atoms with Crippen molar-refractivity contribution in [3.63, 3.8) is 0 Å². The third kappa shape index (κ3) is 45.6. The smallest absolute Gasteiger partial charge is 0.305 e. The average Bonchev–Trinajstić information content (AvgIpc) is 3.25. The highest BCUT2D eigenvalue weighted by molar-refractivity contribution is 5.76. The molecule has 3 N–H and O–H groups in total. The van der Waals surface area contributed by atoms with E-state index in [1.54, 1.807) is 6.08 Å². The number of amides is 1. The van der Waals surface area contributed by atoms with E-state index in [1.165, 1.54) is 186 Å². The van der Waals surface area contributed by atoms with Crippen LogP contribution in [0.25, 0.3) is 0 Å². The van der Waals surface area contributed by atoms with Gasteiger partial charge in [-0.3, -0.25) is 9.59 Å². The van der Waals surface area contributed by atoms with E-state index in [2.05, 4.69) is 43.5 Å². The monoisotopic (exact) mass is 844 g/mol. The molecular formula is C54H101NO5. The highest BCUT2D eigenvalue weighted by atomic mass is 16.5. The van der Waals surface area contributed by atoms with E-state index in [1.807, 2.05) is 6.08 Å². The first-order valence-electron chi connectivity index (χ1n) is 26.3. The summed E-state index contributed by atoms with van der Waals surface area (Å²) in [5.41, 5.74) is 0. The van der Waals surface area contributed by atoms with Crippen LogP contribution in [0.1, 0.15) is 271 Å². The maximum absolute atomic E-state index is 12.4. The molecule has 0 radical (unpaired) electrons. The molecule has 352 valence electrons.